The van der Waals surface area contributed by atoms with Gasteiger partial charge in [-0.25, -0.2) is 0 Å². The second-order valence-corrected chi connectivity index (χ2v) is 8.89. The van der Waals surface area contributed by atoms with Gasteiger partial charge in [-0.15, -0.1) is 11.3 Å². The van der Waals surface area contributed by atoms with Crippen LogP contribution in [0.4, 0.5) is 0 Å². The van der Waals surface area contributed by atoms with Gasteiger partial charge in [-0.05, 0) is 61.5 Å². The summed E-state index contributed by atoms with van der Waals surface area (Å²) in [5.74, 6) is 0.816. The fourth-order valence-electron chi connectivity index (χ4n) is 4.49. The van der Waals surface area contributed by atoms with Crippen LogP contribution in [0.3, 0.4) is 0 Å². The van der Waals surface area contributed by atoms with Gasteiger partial charge in [-0.2, -0.15) is 0 Å². The molecule has 0 saturated carbocycles. The van der Waals surface area contributed by atoms with Crippen LogP contribution in [0.2, 0.25) is 0 Å². The summed E-state index contributed by atoms with van der Waals surface area (Å²) in [5, 5.41) is 1.92. The quantitative estimate of drug-likeness (QED) is 0.776. The molecule has 0 bridgehead atoms. The van der Waals surface area contributed by atoms with Gasteiger partial charge >= 0.3 is 0 Å². The standard InChI is InChI=1S/C23H28N2O2S/c26-22(20-9-4-5-13-25(20)23(27)21-10-6-16-28-21)24-14-11-19(12-15-24)17-18-7-2-1-3-8-18/h1-3,6-8,10,16,19-20H,4-5,9,11-15,17H2/t20-/m0/s1. The zero-order chi connectivity index (χ0) is 19.3. The molecule has 1 aromatic carbocycles. The van der Waals surface area contributed by atoms with Gasteiger partial charge in [0.1, 0.15) is 6.04 Å². The Hall–Kier alpha value is -2.14. The molecule has 0 aliphatic carbocycles. The highest BCUT2D eigenvalue weighted by Gasteiger charge is 2.36. The lowest BCUT2D eigenvalue weighted by molar-refractivity contribution is -0.138. The number of carbonyl (C=O) groups excluding carboxylic acids is 2. The van der Waals surface area contributed by atoms with E-state index in [9.17, 15) is 9.59 Å². The maximum atomic E-state index is 13.2. The van der Waals surface area contributed by atoms with E-state index in [1.165, 1.54) is 16.9 Å². The number of thiophene rings is 1. The smallest absolute Gasteiger partial charge is 0.264 e. The zero-order valence-corrected chi connectivity index (χ0v) is 17.1. The van der Waals surface area contributed by atoms with E-state index in [0.29, 0.717) is 12.5 Å². The molecule has 148 valence electrons. The van der Waals surface area contributed by atoms with Crippen LogP contribution in [0.1, 0.15) is 47.3 Å². The lowest BCUT2D eigenvalue weighted by atomic mass is 9.89. The number of piperidine rings is 2. The van der Waals surface area contributed by atoms with E-state index in [2.05, 4.69) is 30.3 Å². The summed E-state index contributed by atoms with van der Waals surface area (Å²) in [4.78, 5) is 30.7. The van der Waals surface area contributed by atoms with Crippen molar-refractivity contribution in [2.24, 2.45) is 5.92 Å². The number of carbonyl (C=O) groups is 2. The third kappa shape index (κ3) is 4.30. The van der Waals surface area contributed by atoms with E-state index < -0.39 is 0 Å². The van der Waals surface area contributed by atoms with Crippen LogP contribution in [-0.2, 0) is 11.2 Å². The molecule has 0 unspecified atom stereocenters. The number of hydrogen-bond donors (Lipinski definition) is 0. The molecule has 2 saturated heterocycles. The minimum atomic E-state index is -0.283. The van der Waals surface area contributed by atoms with E-state index in [4.69, 9.17) is 0 Å². The zero-order valence-electron chi connectivity index (χ0n) is 16.3. The predicted molar refractivity (Wildman–Crippen MR) is 112 cm³/mol. The molecular weight excluding hydrogens is 368 g/mol. The van der Waals surface area contributed by atoms with E-state index in [-0.39, 0.29) is 17.9 Å². The Morgan fingerprint density at radius 2 is 1.71 bits per heavy atom. The molecule has 2 amide bonds. The van der Waals surface area contributed by atoms with Crippen molar-refractivity contribution in [3.63, 3.8) is 0 Å². The molecule has 4 rings (SSSR count). The molecular formula is C23H28N2O2S. The Bertz CT molecular complexity index is 782. The van der Waals surface area contributed by atoms with Crippen molar-refractivity contribution < 1.29 is 9.59 Å². The van der Waals surface area contributed by atoms with Crippen LogP contribution >= 0.6 is 11.3 Å². The normalized spacial score (nSPS) is 20.9. The minimum Gasteiger partial charge on any atom is -0.341 e. The van der Waals surface area contributed by atoms with E-state index in [1.54, 1.807) is 0 Å². The molecule has 0 spiro atoms. The highest BCUT2D eigenvalue weighted by atomic mass is 32.1. The predicted octanol–water partition coefficient (Wildman–Crippen LogP) is 4.22. The van der Waals surface area contributed by atoms with Gasteiger partial charge in [0.2, 0.25) is 5.91 Å². The van der Waals surface area contributed by atoms with Crippen LogP contribution in [-0.4, -0.2) is 47.3 Å². The summed E-state index contributed by atoms with van der Waals surface area (Å²) >= 11 is 1.46. The van der Waals surface area contributed by atoms with Crippen molar-refractivity contribution in [1.29, 1.82) is 0 Å². The van der Waals surface area contributed by atoms with Crippen molar-refractivity contribution in [3.05, 3.63) is 58.3 Å². The summed E-state index contributed by atoms with van der Waals surface area (Å²) in [6.45, 7) is 2.32. The Morgan fingerprint density at radius 3 is 2.43 bits per heavy atom. The van der Waals surface area contributed by atoms with E-state index in [1.807, 2.05) is 27.3 Å². The third-order valence-corrected chi connectivity index (χ3v) is 6.93. The second-order valence-electron chi connectivity index (χ2n) is 7.95. The van der Waals surface area contributed by atoms with E-state index >= 15 is 0 Å². The van der Waals surface area contributed by atoms with Gasteiger partial charge in [-0.1, -0.05) is 36.4 Å². The topological polar surface area (TPSA) is 40.6 Å². The number of nitrogens with zero attached hydrogens (tertiary/aromatic N) is 2. The summed E-state index contributed by atoms with van der Waals surface area (Å²) < 4.78 is 0. The fourth-order valence-corrected chi connectivity index (χ4v) is 5.17. The molecule has 5 heteroatoms. The Labute approximate surface area is 171 Å². The van der Waals surface area contributed by atoms with Crippen molar-refractivity contribution in [2.45, 2.75) is 44.6 Å². The van der Waals surface area contributed by atoms with E-state index in [0.717, 1.165) is 56.5 Å². The van der Waals surface area contributed by atoms with Crippen molar-refractivity contribution in [3.8, 4) is 0 Å². The maximum Gasteiger partial charge on any atom is 0.264 e. The number of amides is 2. The first-order valence-electron chi connectivity index (χ1n) is 10.4. The molecule has 4 nitrogen and oxygen atoms in total. The van der Waals surface area contributed by atoms with Crippen LogP contribution in [0.15, 0.2) is 47.8 Å². The first-order valence-corrected chi connectivity index (χ1v) is 11.3. The molecule has 0 N–H and O–H groups in total. The largest absolute Gasteiger partial charge is 0.341 e. The lowest BCUT2D eigenvalue weighted by Gasteiger charge is -2.40. The summed E-state index contributed by atoms with van der Waals surface area (Å²) in [6, 6.07) is 14.1. The number of benzene rings is 1. The molecule has 2 aromatic rings. The van der Waals surface area contributed by atoms with Gasteiger partial charge in [0.15, 0.2) is 0 Å². The average molecular weight is 397 g/mol. The molecule has 1 atom stereocenters. The minimum absolute atomic E-state index is 0.0204. The molecule has 1 aromatic heterocycles. The molecule has 2 fully saturated rings. The third-order valence-electron chi connectivity index (χ3n) is 6.07. The molecule has 2 aliphatic heterocycles. The molecule has 2 aliphatic rings. The lowest BCUT2D eigenvalue weighted by Crippen LogP contribution is -2.54. The van der Waals surface area contributed by atoms with Crippen molar-refractivity contribution >= 4 is 23.2 Å². The first-order chi connectivity index (χ1) is 13.7. The van der Waals surface area contributed by atoms with Crippen LogP contribution in [0.5, 0.6) is 0 Å². The number of likely N-dealkylation sites (tertiary alicyclic amines) is 2. The van der Waals surface area contributed by atoms with Gasteiger partial charge in [0, 0.05) is 19.6 Å². The first kappa shape index (κ1) is 19.2. The Morgan fingerprint density at radius 1 is 0.929 bits per heavy atom. The Kier molecular flexibility index (Phi) is 6.10. The number of rotatable bonds is 4. The number of hydrogen-bond acceptors (Lipinski definition) is 3. The molecule has 3 heterocycles. The van der Waals surface area contributed by atoms with Gasteiger partial charge < -0.3 is 9.80 Å². The average Bonchev–Trinajstić information content (AvgIpc) is 3.29. The van der Waals surface area contributed by atoms with Crippen molar-refractivity contribution in [2.75, 3.05) is 19.6 Å². The monoisotopic (exact) mass is 396 g/mol. The van der Waals surface area contributed by atoms with Crippen molar-refractivity contribution in [1.82, 2.24) is 9.80 Å². The van der Waals surface area contributed by atoms with Crippen LogP contribution in [0, 0.1) is 5.92 Å². The summed E-state index contributed by atoms with van der Waals surface area (Å²) in [5.41, 5.74) is 1.38. The Balaban J connectivity index is 1.36. The van der Waals surface area contributed by atoms with Gasteiger partial charge in [0.05, 0.1) is 4.88 Å². The highest BCUT2D eigenvalue weighted by Crippen LogP contribution is 2.26. The fraction of sp³-hybridized carbons (Fsp3) is 0.478. The van der Waals surface area contributed by atoms with Gasteiger partial charge in [-0.3, -0.25) is 9.59 Å². The molecule has 28 heavy (non-hydrogen) atoms. The maximum absolute atomic E-state index is 13.2. The SMILES string of the molecule is O=C([C@@H]1CCCCN1C(=O)c1cccs1)N1CCC(Cc2ccccc2)CC1. The summed E-state index contributed by atoms with van der Waals surface area (Å²) in [7, 11) is 0. The van der Waals surface area contributed by atoms with Crippen LogP contribution in [0.25, 0.3) is 0 Å². The van der Waals surface area contributed by atoms with Gasteiger partial charge in [0.25, 0.3) is 5.91 Å². The summed E-state index contributed by atoms with van der Waals surface area (Å²) in [6.07, 6.45) is 5.99. The molecule has 0 radical (unpaired) electrons. The van der Waals surface area contributed by atoms with Crippen LogP contribution < -0.4 is 0 Å². The highest BCUT2D eigenvalue weighted by molar-refractivity contribution is 7.12. The second kappa shape index (κ2) is 8.91.